The van der Waals surface area contributed by atoms with Crippen LogP contribution in [0.4, 0.5) is 0 Å². The first-order valence-electron chi connectivity index (χ1n) is 7.38. The molecule has 0 amide bonds. The molecule has 2 unspecified atom stereocenters. The number of hydrogen-bond donors (Lipinski definition) is 2. The SMILES string of the molecule is CCC(CO)N(CCN1CCCC1)CC(C)C(=O)O. The van der Waals surface area contributed by atoms with Gasteiger partial charge in [0.15, 0.2) is 0 Å². The van der Waals surface area contributed by atoms with Crippen molar-refractivity contribution in [2.45, 2.75) is 39.2 Å². The molecule has 2 N–H and O–H groups in total. The van der Waals surface area contributed by atoms with Crippen LogP contribution in [-0.2, 0) is 4.79 Å². The largest absolute Gasteiger partial charge is 0.481 e. The van der Waals surface area contributed by atoms with E-state index in [2.05, 4.69) is 9.80 Å². The van der Waals surface area contributed by atoms with Gasteiger partial charge in [-0.05, 0) is 32.4 Å². The number of aliphatic hydroxyl groups is 1. The van der Waals surface area contributed by atoms with Crippen LogP contribution in [0.25, 0.3) is 0 Å². The lowest BCUT2D eigenvalue weighted by atomic mass is 10.1. The van der Waals surface area contributed by atoms with Crippen LogP contribution in [0.15, 0.2) is 0 Å². The van der Waals surface area contributed by atoms with E-state index in [0.29, 0.717) is 6.54 Å². The minimum Gasteiger partial charge on any atom is -0.481 e. The Morgan fingerprint density at radius 2 is 2.00 bits per heavy atom. The molecule has 5 nitrogen and oxygen atoms in total. The molecule has 5 heteroatoms. The van der Waals surface area contributed by atoms with Crippen LogP contribution >= 0.6 is 0 Å². The third kappa shape index (κ3) is 5.47. The van der Waals surface area contributed by atoms with Gasteiger partial charge in [-0.2, -0.15) is 0 Å². The average Bonchev–Trinajstić information content (AvgIpc) is 2.89. The van der Waals surface area contributed by atoms with Gasteiger partial charge in [0.2, 0.25) is 0 Å². The summed E-state index contributed by atoms with van der Waals surface area (Å²) in [5.41, 5.74) is 0. The van der Waals surface area contributed by atoms with Gasteiger partial charge >= 0.3 is 5.97 Å². The van der Waals surface area contributed by atoms with Gasteiger partial charge in [0.1, 0.15) is 0 Å². The van der Waals surface area contributed by atoms with Crippen molar-refractivity contribution in [3.63, 3.8) is 0 Å². The summed E-state index contributed by atoms with van der Waals surface area (Å²) in [7, 11) is 0. The van der Waals surface area contributed by atoms with Crippen LogP contribution in [0.5, 0.6) is 0 Å². The Balaban J connectivity index is 2.49. The minimum absolute atomic E-state index is 0.0735. The fourth-order valence-electron chi connectivity index (χ4n) is 2.63. The van der Waals surface area contributed by atoms with Gasteiger partial charge in [-0.15, -0.1) is 0 Å². The molecule has 0 saturated carbocycles. The third-order valence-electron chi connectivity index (χ3n) is 4.03. The van der Waals surface area contributed by atoms with Crippen molar-refractivity contribution in [2.75, 3.05) is 39.3 Å². The Morgan fingerprint density at radius 3 is 2.47 bits per heavy atom. The fraction of sp³-hybridized carbons (Fsp3) is 0.929. The van der Waals surface area contributed by atoms with Gasteiger partial charge in [0, 0.05) is 25.7 Å². The minimum atomic E-state index is -0.765. The summed E-state index contributed by atoms with van der Waals surface area (Å²) < 4.78 is 0. The Morgan fingerprint density at radius 1 is 1.37 bits per heavy atom. The topological polar surface area (TPSA) is 64.0 Å². The first-order valence-corrected chi connectivity index (χ1v) is 7.38. The van der Waals surface area contributed by atoms with E-state index in [1.165, 1.54) is 12.8 Å². The standard InChI is InChI=1S/C14H28N2O3/c1-3-13(11-17)16(10-12(2)14(18)19)9-8-15-6-4-5-7-15/h12-13,17H,3-11H2,1-2H3,(H,18,19). The lowest BCUT2D eigenvalue weighted by Gasteiger charge is -2.32. The lowest BCUT2D eigenvalue weighted by molar-refractivity contribution is -0.142. The van der Waals surface area contributed by atoms with E-state index >= 15 is 0 Å². The first-order chi connectivity index (χ1) is 9.08. The molecule has 19 heavy (non-hydrogen) atoms. The van der Waals surface area contributed by atoms with E-state index in [0.717, 1.165) is 32.6 Å². The molecule has 0 aromatic rings. The number of carboxylic acid groups (broad SMARTS) is 1. The zero-order valence-electron chi connectivity index (χ0n) is 12.2. The number of aliphatic carboxylic acids is 1. The van der Waals surface area contributed by atoms with E-state index in [4.69, 9.17) is 5.11 Å². The maximum Gasteiger partial charge on any atom is 0.307 e. The molecule has 1 rings (SSSR count). The van der Waals surface area contributed by atoms with E-state index in [9.17, 15) is 9.90 Å². The van der Waals surface area contributed by atoms with Crippen molar-refractivity contribution in [3.8, 4) is 0 Å². The Hall–Kier alpha value is -0.650. The molecule has 0 radical (unpaired) electrons. The van der Waals surface area contributed by atoms with Crippen molar-refractivity contribution in [2.24, 2.45) is 5.92 Å². The normalized spacial score (nSPS) is 19.8. The van der Waals surface area contributed by atoms with E-state index in [1.54, 1.807) is 6.92 Å². The molecule has 0 aromatic heterocycles. The second-order valence-electron chi connectivity index (χ2n) is 5.53. The lowest BCUT2D eigenvalue weighted by Crippen LogP contribution is -2.45. The van der Waals surface area contributed by atoms with Gasteiger partial charge in [0.25, 0.3) is 0 Å². The molecule has 1 saturated heterocycles. The summed E-state index contributed by atoms with van der Waals surface area (Å²) in [5.74, 6) is -1.15. The Kier molecular flexibility index (Phi) is 7.34. The predicted octanol–water partition coefficient (Wildman–Crippen LogP) is 0.876. The van der Waals surface area contributed by atoms with Gasteiger partial charge < -0.3 is 15.1 Å². The van der Waals surface area contributed by atoms with Crippen molar-refractivity contribution >= 4 is 5.97 Å². The second kappa shape index (κ2) is 8.51. The summed E-state index contributed by atoms with van der Waals surface area (Å²) in [6, 6.07) is 0.0735. The molecule has 2 atom stereocenters. The number of nitrogens with zero attached hydrogens (tertiary/aromatic N) is 2. The van der Waals surface area contributed by atoms with Crippen LogP contribution in [0.3, 0.4) is 0 Å². The number of carboxylic acids is 1. The monoisotopic (exact) mass is 272 g/mol. The number of hydrogen-bond acceptors (Lipinski definition) is 4. The average molecular weight is 272 g/mol. The number of carbonyl (C=O) groups is 1. The number of likely N-dealkylation sites (tertiary alicyclic amines) is 1. The molecule has 1 aliphatic rings. The summed E-state index contributed by atoms with van der Waals surface area (Å²) in [4.78, 5) is 15.6. The highest BCUT2D eigenvalue weighted by Crippen LogP contribution is 2.11. The molecule has 112 valence electrons. The highest BCUT2D eigenvalue weighted by atomic mass is 16.4. The van der Waals surface area contributed by atoms with Crippen LogP contribution in [0.2, 0.25) is 0 Å². The van der Waals surface area contributed by atoms with Crippen LogP contribution in [0, 0.1) is 5.92 Å². The van der Waals surface area contributed by atoms with Crippen molar-refractivity contribution < 1.29 is 15.0 Å². The van der Waals surface area contributed by atoms with Crippen molar-refractivity contribution in [1.82, 2.24) is 9.80 Å². The van der Waals surface area contributed by atoms with E-state index in [1.807, 2.05) is 6.92 Å². The smallest absolute Gasteiger partial charge is 0.307 e. The van der Waals surface area contributed by atoms with Gasteiger partial charge in [0.05, 0.1) is 12.5 Å². The molecular weight excluding hydrogens is 244 g/mol. The summed E-state index contributed by atoms with van der Waals surface area (Å²) in [5, 5.41) is 18.5. The Bertz CT molecular complexity index is 263. The fourth-order valence-corrected chi connectivity index (χ4v) is 2.63. The second-order valence-corrected chi connectivity index (χ2v) is 5.53. The summed E-state index contributed by atoms with van der Waals surface area (Å²) in [6.45, 7) is 8.51. The van der Waals surface area contributed by atoms with Gasteiger partial charge in [-0.3, -0.25) is 9.69 Å². The molecule has 0 spiro atoms. The molecule has 0 bridgehead atoms. The molecule has 1 fully saturated rings. The highest BCUT2D eigenvalue weighted by molar-refractivity contribution is 5.69. The van der Waals surface area contributed by atoms with Crippen LogP contribution in [-0.4, -0.2) is 71.4 Å². The molecule has 0 aliphatic carbocycles. The van der Waals surface area contributed by atoms with Crippen molar-refractivity contribution in [3.05, 3.63) is 0 Å². The zero-order chi connectivity index (χ0) is 14.3. The van der Waals surface area contributed by atoms with E-state index in [-0.39, 0.29) is 18.6 Å². The zero-order valence-corrected chi connectivity index (χ0v) is 12.2. The van der Waals surface area contributed by atoms with Gasteiger partial charge in [-0.1, -0.05) is 13.8 Å². The maximum absolute atomic E-state index is 11.0. The molecule has 0 aromatic carbocycles. The maximum atomic E-state index is 11.0. The highest BCUT2D eigenvalue weighted by Gasteiger charge is 2.22. The number of rotatable bonds is 9. The molecule has 1 aliphatic heterocycles. The van der Waals surface area contributed by atoms with Crippen LogP contribution < -0.4 is 0 Å². The molecule has 1 heterocycles. The third-order valence-corrected chi connectivity index (χ3v) is 4.03. The quantitative estimate of drug-likeness (QED) is 0.652. The van der Waals surface area contributed by atoms with Gasteiger partial charge in [-0.25, -0.2) is 0 Å². The predicted molar refractivity (Wildman–Crippen MR) is 75.2 cm³/mol. The first kappa shape index (κ1) is 16.4. The van der Waals surface area contributed by atoms with E-state index < -0.39 is 5.97 Å². The van der Waals surface area contributed by atoms with Crippen LogP contribution in [0.1, 0.15) is 33.1 Å². The Labute approximate surface area is 116 Å². The number of aliphatic hydroxyl groups excluding tert-OH is 1. The molecular formula is C14H28N2O3. The summed E-state index contributed by atoms with van der Waals surface area (Å²) >= 11 is 0. The summed E-state index contributed by atoms with van der Waals surface area (Å²) in [6.07, 6.45) is 3.38. The van der Waals surface area contributed by atoms with Crippen molar-refractivity contribution in [1.29, 1.82) is 0 Å².